The molecule has 0 spiro atoms. The van der Waals surface area contributed by atoms with Gasteiger partial charge >= 0.3 is 0 Å². The summed E-state index contributed by atoms with van der Waals surface area (Å²) < 4.78 is 13.7. The zero-order valence-electron chi connectivity index (χ0n) is 21.9. The average Bonchev–Trinajstić information content (AvgIpc) is 3.27. The fourth-order valence-corrected chi connectivity index (χ4v) is 4.53. The lowest BCUT2D eigenvalue weighted by Crippen LogP contribution is -2.24. The number of carbonyl (C=O) groups excluding carboxylic acids is 1. The molecule has 3 aromatic carbocycles. The molecule has 1 heterocycles. The van der Waals surface area contributed by atoms with Crippen LogP contribution >= 0.6 is 0 Å². The summed E-state index contributed by atoms with van der Waals surface area (Å²) >= 11 is 0. The van der Waals surface area contributed by atoms with E-state index in [1.54, 1.807) is 7.11 Å². The van der Waals surface area contributed by atoms with Crippen molar-refractivity contribution in [1.29, 1.82) is 0 Å². The highest BCUT2D eigenvalue weighted by Crippen LogP contribution is 2.26. The number of methoxy groups -OCH3 is 1. The van der Waals surface area contributed by atoms with Gasteiger partial charge in [0.2, 0.25) is 0 Å². The number of hydrogen-bond donors (Lipinski definition) is 1. The van der Waals surface area contributed by atoms with Crippen LogP contribution < -0.4 is 14.8 Å². The number of carbonyl (C=O) groups is 1. The van der Waals surface area contributed by atoms with Gasteiger partial charge in [-0.25, -0.2) is 4.98 Å². The topological polar surface area (TPSA) is 65.4 Å². The van der Waals surface area contributed by atoms with Gasteiger partial charge in [-0.05, 0) is 69.0 Å². The summed E-state index contributed by atoms with van der Waals surface area (Å²) in [5, 5.41) is 3.04. The van der Waals surface area contributed by atoms with Crippen molar-refractivity contribution in [2.75, 3.05) is 20.3 Å². The molecule has 4 rings (SSSR count). The Balaban J connectivity index is 1.22. The smallest absolute Gasteiger partial charge is 0.251 e. The van der Waals surface area contributed by atoms with Crippen LogP contribution in [-0.4, -0.2) is 35.7 Å². The third-order valence-corrected chi connectivity index (χ3v) is 6.48. The summed E-state index contributed by atoms with van der Waals surface area (Å²) in [7, 11) is 1.66. The molecule has 0 saturated heterocycles. The van der Waals surface area contributed by atoms with Crippen LogP contribution in [-0.2, 0) is 13.0 Å². The number of imidazole rings is 1. The van der Waals surface area contributed by atoms with E-state index in [0.717, 1.165) is 79.0 Å². The Hall–Kier alpha value is -3.80. The summed E-state index contributed by atoms with van der Waals surface area (Å²) in [4.78, 5) is 17.2. The Morgan fingerprint density at radius 2 is 1.70 bits per heavy atom. The largest absolute Gasteiger partial charge is 0.493 e. The van der Waals surface area contributed by atoms with E-state index in [1.165, 1.54) is 5.52 Å². The average molecular weight is 500 g/mol. The van der Waals surface area contributed by atoms with Crippen molar-refractivity contribution in [3.05, 3.63) is 89.7 Å². The third kappa shape index (κ3) is 7.35. The van der Waals surface area contributed by atoms with Crippen molar-refractivity contribution < 1.29 is 14.3 Å². The van der Waals surface area contributed by atoms with Crippen molar-refractivity contribution in [2.45, 2.75) is 52.0 Å². The lowest BCUT2D eigenvalue weighted by Gasteiger charge is -2.12. The molecule has 1 N–H and O–H groups in total. The van der Waals surface area contributed by atoms with Gasteiger partial charge in [0, 0.05) is 25.1 Å². The molecule has 0 atom stereocenters. The maximum Gasteiger partial charge on any atom is 0.251 e. The van der Waals surface area contributed by atoms with Crippen molar-refractivity contribution in [3.8, 4) is 11.5 Å². The molecular weight excluding hydrogens is 462 g/mol. The fraction of sp³-hybridized carbons (Fsp3) is 0.355. The second-order valence-corrected chi connectivity index (χ2v) is 9.31. The van der Waals surface area contributed by atoms with E-state index in [4.69, 9.17) is 14.5 Å². The Labute approximate surface area is 219 Å². The SMILES string of the molecule is COc1ccccc1OCCCCn1c(CCCCCNC(=O)c2cccc(C)c2)nc2ccccc21. The number of amides is 1. The van der Waals surface area contributed by atoms with Gasteiger partial charge in [-0.1, -0.05) is 48.4 Å². The maximum atomic E-state index is 12.3. The number of para-hydroxylation sites is 4. The van der Waals surface area contributed by atoms with Gasteiger partial charge in [0.25, 0.3) is 5.91 Å². The quantitative estimate of drug-likeness (QED) is 0.205. The number of nitrogens with zero attached hydrogens (tertiary/aromatic N) is 2. The van der Waals surface area contributed by atoms with Gasteiger partial charge in [-0.2, -0.15) is 0 Å². The van der Waals surface area contributed by atoms with Crippen LogP contribution in [0.4, 0.5) is 0 Å². The van der Waals surface area contributed by atoms with E-state index in [0.29, 0.717) is 13.2 Å². The number of fused-ring (bicyclic) bond motifs is 1. The first-order chi connectivity index (χ1) is 18.2. The molecule has 194 valence electrons. The number of nitrogens with one attached hydrogen (secondary N) is 1. The number of rotatable bonds is 14. The van der Waals surface area contributed by atoms with Gasteiger partial charge in [0.1, 0.15) is 5.82 Å². The third-order valence-electron chi connectivity index (χ3n) is 6.48. The van der Waals surface area contributed by atoms with E-state index in [9.17, 15) is 4.79 Å². The van der Waals surface area contributed by atoms with Gasteiger partial charge in [0.15, 0.2) is 11.5 Å². The Morgan fingerprint density at radius 1 is 0.892 bits per heavy atom. The normalized spacial score (nSPS) is 11.0. The second kappa shape index (κ2) is 13.5. The monoisotopic (exact) mass is 499 g/mol. The number of ether oxygens (including phenoxy) is 2. The molecule has 0 fully saturated rings. The van der Waals surface area contributed by atoms with Crippen LogP contribution in [0.15, 0.2) is 72.8 Å². The van der Waals surface area contributed by atoms with Gasteiger partial charge in [0.05, 0.1) is 24.8 Å². The predicted molar refractivity (Wildman–Crippen MR) is 149 cm³/mol. The van der Waals surface area contributed by atoms with Crippen LogP contribution in [0.25, 0.3) is 11.0 Å². The highest BCUT2D eigenvalue weighted by Gasteiger charge is 2.11. The van der Waals surface area contributed by atoms with E-state index < -0.39 is 0 Å². The Morgan fingerprint density at radius 3 is 2.54 bits per heavy atom. The minimum absolute atomic E-state index is 0.000167. The number of benzene rings is 3. The lowest BCUT2D eigenvalue weighted by atomic mass is 10.1. The molecular formula is C31H37N3O3. The van der Waals surface area contributed by atoms with Crippen LogP contribution in [0.3, 0.4) is 0 Å². The number of unbranched alkanes of at least 4 members (excludes halogenated alkanes) is 3. The van der Waals surface area contributed by atoms with Crippen LogP contribution in [0.1, 0.15) is 53.8 Å². The van der Waals surface area contributed by atoms with E-state index >= 15 is 0 Å². The van der Waals surface area contributed by atoms with Crippen molar-refractivity contribution in [1.82, 2.24) is 14.9 Å². The molecule has 0 aliphatic rings. The molecule has 6 nitrogen and oxygen atoms in total. The predicted octanol–water partition coefficient (Wildman–Crippen LogP) is 6.36. The van der Waals surface area contributed by atoms with Gasteiger partial charge in [-0.3, -0.25) is 4.79 Å². The standard InChI is InChI=1S/C31H37N3O3/c1-24-13-12-14-25(23-24)31(35)32-20-9-3-4-19-30-33-26-15-5-6-16-27(26)34(30)21-10-11-22-37-29-18-8-7-17-28(29)36-2/h5-8,12-18,23H,3-4,9-11,19-22H2,1-2H3,(H,32,35). The first-order valence-corrected chi connectivity index (χ1v) is 13.2. The minimum Gasteiger partial charge on any atom is -0.493 e. The Kier molecular flexibility index (Phi) is 9.58. The summed E-state index contributed by atoms with van der Waals surface area (Å²) in [6.45, 7) is 4.25. The maximum absolute atomic E-state index is 12.3. The molecule has 0 saturated carbocycles. The summed E-state index contributed by atoms with van der Waals surface area (Å²) in [6, 6.07) is 23.8. The number of aromatic nitrogens is 2. The summed E-state index contributed by atoms with van der Waals surface area (Å²) in [6.07, 6.45) is 5.93. The molecule has 0 aliphatic carbocycles. The van der Waals surface area contributed by atoms with Crippen LogP contribution in [0.5, 0.6) is 11.5 Å². The summed E-state index contributed by atoms with van der Waals surface area (Å²) in [5.41, 5.74) is 4.06. The molecule has 4 aromatic rings. The molecule has 37 heavy (non-hydrogen) atoms. The second-order valence-electron chi connectivity index (χ2n) is 9.31. The van der Waals surface area contributed by atoms with Gasteiger partial charge in [-0.15, -0.1) is 0 Å². The molecule has 1 aromatic heterocycles. The molecule has 1 amide bonds. The molecule has 0 aliphatic heterocycles. The highest BCUT2D eigenvalue weighted by molar-refractivity contribution is 5.94. The van der Waals surface area contributed by atoms with E-state index in [-0.39, 0.29) is 5.91 Å². The summed E-state index contributed by atoms with van der Waals surface area (Å²) in [5.74, 6) is 2.68. The first kappa shape index (κ1) is 26.3. The van der Waals surface area contributed by atoms with Crippen LogP contribution in [0, 0.1) is 6.92 Å². The number of aryl methyl sites for hydroxylation is 3. The van der Waals surface area contributed by atoms with E-state index in [1.807, 2.05) is 61.5 Å². The Bertz CT molecular complexity index is 1300. The van der Waals surface area contributed by atoms with E-state index in [2.05, 4.69) is 28.1 Å². The van der Waals surface area contributed by atoms with Crippen molar-refractivity contribution in [2.24, 2.45) is 0 Å². The lowest BCUT2D eigenvalue weighted by molar-refractivity contribution is 0.0953. The molecule has 0 radical (unpaired) electrons. The van der Waals surface area contributed by atoms with Crippen molar-refractivity contribution in [3.63, 3.8) is 0 Å². The highest BCUT2D eigenvalue weighted by atomic mass is 16.5. The van der Waals surface area contributed by atoms with Crippen molar-refractivity contribution >= 4 is 16.9 Å². The van der Waals surface area contributed by atoms with Gasteiger partial charge < -0.3 is 19.4 Å². The molecule has 0 bridgehead atoms. The first-order valence-electron chi connectivity index (χ1n) is 13.2. The zero-order valence-corrected chi connectivity index (χ0v) is 21.9. The fourth-order valence-electron chi connectivity index (χ4n) is 4.53. The van der Waals surface area contributed by atoms with Crippen LogP contribution in [0.2, 0.25) is 0 Å². The molecule has 0 unspecified atom stereocenters. The number of hydrogen-bond acceptors (Lipinski definition) is 4. The zero-order chi connectivity index (χ0) is 25.9. The minimum atomic E-state index is 0.000167. The molecule has 6 heteroatoms.